The van der Waals surface area contributed by atoms with Crippen LogP contribution in [-0.2, 0) is 23.3 Å². The fourth-order valence-corrected chi connectivity index (χ4v) is 2.87. The highest BCUT2D eigenvalue weighted by Gasteiger charge is 2.15. The molecule has 0 aliphatic carbocycles. The lowest BCUT2D eigenvalue weighted by atomic mass is 10.1. The first kappa shape index (κ1) is 17.8. The summed E-state index contributed by atoms with van der Waals surface area (Å²) in [5.41, 5.74) is 1.90. The summed E-state index contributed by atoms with van der Waals surface area (Å²) in [6.07, 6.45) is 1.47. The van der Waals surface area contributed by atoms with Crippen molar-refractivity contribution in [1.82, 2.24) is 20.0 Å². The van der Waals surface area contributed by atoms with Crippen LogP contribution in [-0.4, -0.2) is 40.6 Å². The highest BCUT2D eigenvalue weighted by atomic mass is 32.2. The summed E-state index contributed by atoms with van der Waals surface area (Å²) in [7, 11) is -1.49. The Labute approximate surface area is 150 Å². The summed E-state index contributed by atoms with van der Waals surface area (Å²) in [5.74, 6) is -0.147. The summed E-state index contributed by atoms with van der Waals surface area (Å²) >= 11 is 0. The first-order valence-corrected chi connectivity index (χ1v) is 9.55. The SMILES string of the molecule is Cc1cc(C(=O)Nc2nnc(Cc3ccc(S(C)(=O)=O)cc3)o2)nn1C. The minimum absolute atomic E-state index is 0.0268. The third-order valence-electron chi connectivity index (χ3n) is 3.74. The molecule has 0 saturated heterocycles. The normalized spacial score (nSPS) is 11.5. The monoisotopic (exact) mass is 375 g/mol. The molecule has 0 fully saturated rings. The van der Waals surface area contributed by atoms with Gasteiger partial charge in [-0.2, -0.15) is 5.10 Å². The van der Waals surface area contributed by atoms with E-state index in [1.807, 2.05) is 6.92 Å². The summed E-state index contributed by atoms with van der Waals surface area (Å²) in [6, 6.07) is 8.02. The van der Waals surface area contributed by atoms with E-state index in [1.165, 1.54) is 12.1 Å². The number of sulfone groups is 1. The topological polar surface area (TPSA) is 120 Å². The molecule has 9 nitrogen and oxygen atoms in total. The summed E-state index contributed by atoms with van der Waals surface area (Å²) < 4.78 is 29.9. The maximum absolute atomic E-state index is 12.1. The molecule has 0 atom stereocenters. The molecule has 3 rings (SSSR count). The predicted octanol–water partition coefficient (Wildman–Crippen LogP) is 1.36. The van der Waals surface area contributed by atoms with Gasteiger partial charge in [-0.05, 0) is 30.7 Å². The van der Waals surface area contributed by atoms with Gasteiger partial charge in [0.2, 0.25) is 5.89 Å². The van der Waals surface area contributed by atoms with Gasteiger partial charge in [0.25, 0.3) is 5.91 Å². The molecule has 1 N–H and O–H groups in total. The van der Waals surface area contributed by atoms with Crippen molar-refractivity contribution < 1.29 is 17.6 Å². The number of nitrogens with zero attached hydrogens (tertiary/aromatic N) is 4. The second-order valence-corrected chi connectivity index (χ2v) is 7.86. The largest absolute Gasteiger partial charge is 0.407 e. The molecule has 2 aromatic heterocycles. The first-order chi connectivity index (χ1) is 12.2. The van der Waals surface area contributed by atoms with Crippen LogP contribution in [0.1, 0.15) is 27.6 Å². The first-order valence-electron chi connectivity index (χ1n) is 7.66. The number of carbonyl (C=O) groups excluding carboxylic acids is 1. The number of carbonyl (C=O) groups is 1. The Hall–Kier alpha value is -3.01. The van der Waals surface area contributed by atoms with Gasteiger partial charge in [-0.1, -0.05) is 17.2 Å². The number of aromatic nitrogens is 4. The van der Waals surface area contributed by atoms with Crippen LogP contribution in [0.5, 0.6) is 0 Å². The minimum atomic E-state index is -3.24. The van der Waals surface area contributed by atoms with E-state index in [-0.39, 0.29) is 16.6 Å². The van der Waals surface area contributed by atoms with Gasteiger partial charge in [-0.15, -0.1) is 5.10 Å². The Morgan fingerprint density at radius 2 is 1.92 bits per heavy atom. The van der Waals surface area contributed by atoms with E-state index in [0.29, 0.717) is 12.3 Å². The fourth-order valence-electron chi connectivity index (χ4n) is 2.24. The second-order valence-electron chi connectivity index (χ2n) is 5.84. The molecule has 0 aliphatic rings. The summed E-state index contributed by atoms with van der Waals surface area (Å²) in [4.78, 5) is 12.3. The van der Waals surface area contributed by atoms with Gasteiger partial charge in [0.05, 0.1) is 11.3 Å². The highest BCUT2D eigenvalue weighted by molar-refractivity contribution is 7.90. The Bertz CT molecular complexity index is 1030. The molecule has 1 amide bonds. The molecule has 10 heteroatoms. The number of benzene rings is 1. The maximum atomic E-state index is 12.1. The van der Waals surface area contributed by atoms with Crippen LogP contribution in [0.25, 0.3) is 0 Å². The van der Waals surface area contributed by atoms with E-state index >= 15 is 0 Å². The van der Waals surface area contributed by atoms with Crippen molar-refractivity contribution in [3.05, 3.63) is 53.2 Å². The Morgan fingerprint density at radius 3 is 2.50 bits per heavy atom. The molecule has 2 heterocycles. The van der Waals surface area contributed by atoms with E-state index in [4.69, 9.17) is 4.42 Å². The van der Waals surface area contributed by atoms with Gasteiger partial charge >= 0.3 is 6.01 Å². The van der Waals surface area contributed by atoms with E-state index < -0.39 is 15.7 Å². The molecule has 136 valence electrons. The van der Waals surface area contributed by atoms with Crippen molar-refractivity contribution >= 4 is 21.8 Å². The average Bonchev–Trinajstić information content (AvgIpc) is 3.14. The van der Waals surface area contributed by atoms with E-state index in [1.54, 1.807) is 29.9 Å². The van der Waals surface area contributed by atoms with Crippen molar-refractivity contribution in [2.45, 2.75) is 18.2 Å². The molecule has 0 bridgehead atoms. The molecule has 0 radical (unpaired) electrons. The average molecular weight is 375 g/mol. The van der Waals surface area contributed by atoms with Gasteiger partial charge in [0.1, 0.15) is 0 Å². The van der Waals surface area contributed by atoms with Crippen molar-refractivity contribution in [1.29, 1.82) is 0 Å². The van der Waals surface area contributed by atoms with Crippen LogP contribution >= 0.6 is 0 Å². The lowest BCUT2D eigenvalue weighted by molar-refractivity contribution is 0.101. The fraction of sp³-hybridized carbons (Fsp3) is 0.250. The van der Waals surface area contributed by atoms with E-state index in [9.17, 15) is 13.2 Å². The van der Waals surface area contributed by atoms with Crippen LogP contribution in [0.15, 0.2) is 39.6 Å². The molecule has 26 heavy (non-hydrogen) atoms. The van der Waals surface area contributed by atoms with Crippen molar-refractivity contribution in [3.63, 3.8) is 0 Å². The number of aryl methyl sites for hydroxylation is 2. The smallest absolute Gasteiger partial charge is 0.322 e. The van der Waals surface area contributed by atoms with Crippen LogP contribution in [0.3, 0.4) is 0 Å². The van der Waals surface area contributed by atoms with Gasteiger partial charge < -0.3 is 4.42 Å². The Kier molecular flexibility index (Phi) is 4.60. The van der Waals surface area contributed by atoms with Crippen molar-refractivity contribution in [3.8, 4) is 0 Å². The zero-order valence-electron chi connectivity index (χ0n) is 14.4. The number of anilines is 1. The molecule has 0 saturated carbocycles. The molecular formula is C16H17N5O4S. The molecule has 0 aliphatic heterocycles. The molecular weight excluding hydrogens is 358 g/mol. The zero-order valence-corrected chi connectivity index (χ0v) is 15.2. The third-order valence-corrected chi connectivity index (χ3v) is 4.87. The Balaban J connectivity index is 1.67. The van der Waals surface area contributed by atoms with Crippen LogP contribution < -0.4 is 5.32 Å². The van der Waals surface area contributed by atoms with E-state index in [2.05, 4.69) is 20.6 Å². The number of rotatable bonds is 5. The lowest BCUT2D eigenvalue weighted by Gasteiger charge is -2.00. The summed E-state index contributed by atoms with van der Waals surface area (Å²) in [5, 5.41) is 14.2. The van der Waals surface area contributed by atoms with Gasteiger partial charge in [0, 0.05) is 19.0 Å². The van der Waals surface area contributed by atoms with Gasteiger partial charge in [-0.3, -0.25) is 14.8 Å². The maximum Gasteiger partial charge on any atom is 0.322 e. The number of hydrogen-bond acceptors (Lipinski definition) is 7. The minimum Gasteiger partial charge on any atom is -0.407 e. The molecule has 0 unspecified atom stereocenters. The van der Waals surface area contributed by atoms with Crippen LogP contribution in [0, 0.1) is 6.92 Å². The lowest BCUT2D eigenvalue weighted by Crippen LogP contribution is -2.13. The van der Waals surface area contributed by atoms with E-state index in [0.717, 1.165) is 17.5 Å². The summed E-state index contributed by atoms with van der Waals surface area (Å²) in [6.45, 7) is 1.84. The van der Waals surface area contributed by atoms with Crippen LogP contribution in [0.2, 0.25) is 0 Å². The molecule has 1 aromatic carbocycles. The third kappa shape index (κ3) is 3.97. The standard InChI is InChI=1S/C16H17N5O4S/c1-10-8-13(20-21(10)2)15(22)17-16-19-18-14(25-16)9-11-4-6-12(7-5-11)26(3,23)24/h4-8H,9H2,1-3H3,(H,17,19,22). The number of nitrogens with one attached hydrogen (secondary N) is 1. The zero-order chi connectivity index (χ0) is 18.9. The second kappa shape index (κ2) is 6.71. The number of amides is 1. The molecule has 3 aromatic rings. The molecule has 0 spiro atoms. The number of hydrogen-bond donors (Lipinski definition) is 1. The van der Waals surface area contributed by atoms with Gasteiger partial charge in [0.15, 0.2) is 15.5 Å². The predicted molar refractivity (Wildman–Crippen MR) is 92.6 cm³/mol. The van der Waals surface area contributed by atoms with Crippen LogP contribution in [0.4, 0.5) is 6.01 Å². The Morgan fingerprint density at radius 1 is 1.23 bits per heavy atom. The van der Waals surface area contributed by atoms with Gasteiger partial charge in [-0.25, -0.2) is 8.42 Å². The highest BCUT2D eigenvalue weighted by Crippen LogP contribution is 2.15. The van der Waals surface area contributed by atoms with Crippen molar-refractivity contribution in [2.75, 3.05) is 11.6 Å². The quantitative estimate of drug-likeness (QED) is 0.715. The van der Waals surface area contributed by atoms with Crippen molar-refractivity contribution in [2.24, 2.45) is 7.05 Å².